The highest BCUT2D eigenvalue weighted by atomic mass is 19.1. The van der Waals surface area contributed by atoms with Crippen molar-refractivity contribution < 1.29 is 17.6 Å². The van der Waals surface area contributed by atoms with Gasteiger partial charge in [-0.05, 0) is 23.8 Å². The lowest BCUT2D eigenvalue weighted by Crippen LogP contribution is -2.07. The molecule has 2 nitrogen and oxygen atoms in total. The van der Waals surface area contributed by atoms with Gasteiger partial charge in [-0.1, -0.05) is 18.2 Å². The zero-order valence-electron chi connectivity index (χ0n) is 9.99. The summed E-state index contributed by atoms with van der Waals surface area (Å²) in [6, 6.07) is 8.82. The van der Waals surface area contributed by atoms with Crippen LogP contribution in [0.25, 0.3) is 22.1 Å². The van der Waals surface area contributed by atoms with Gasteiger partial charge in [-0.25, -0.2) is 13.6 Å². The zero-order valence-corrected chi connectivity index (χ0v) is 9.99. The first kappa shape index (κ1) is 12.5. The first-order valence-electron chi connectivity index (χ1n) is 5.74. The summed E-state index contributed by atoms with van der Waals surface area (Å²) in [6.45, 7) is 0. The predicted octanol–water partition coefficient (Wildman–Crippen LogP) is 3.88. The Morgan fingerprint density at radius 1 is 0.900 bits per heavy atom. The van der Waals surface area contributed by atoms with Crippen LogP contribution in [-0.4, -0.2) is 0 Å². The zero-order chi connectivity index (χ0) is 14.3. The topological polar surface area (TPSA) is 30.2 Å². The van der Waals surface area contributed by atoms with Gasteiger partial charge < -0.3 is 4.42 Å². The van der Waals surface area contributed by atoms with Gasteiger partial charge in [0.25, 0.3) is 0 Å². The van der Waals surface area contributed by atoms with E-state index in [1.54, 1.807) is 12.1 Å². The second-order valence-corrected chi connectivity index (χ2v) is 4.23. The standard InChI is InChI=1S/C15H7F3O2/c16-9-5-8(6-10(17)7-9)13-11-3-1-2-4-12(11)20-15(19)14(13)18/h1-7H. The fourth-order valence-electron chi connectivity index (χ4n) is 2.11. The molecule has 0 N–H and O–H groups in total. The summed E-state index contributed by atoms with van der Waals surface area (Å²) in [4.78, 5) is 11.5. The highest BCUT2D eigenvalue weighted by molar-refractivity contribution is 5.93. The van der Waals surface area contributed by atoms with E-state index in [4.69, 9.17) is 4.42 Å². The van der Waals surface area contributed by atoms with E-state index in [1.165, 1.54) is 12.1 Å². The van der Waals surface area contributed by atoms with Crippen molar-refractivity contribution in [3.8, 4) is 11.1 Å². The van der Waals surface area contributed by atoms with Crippen molar-refractivity contribution in [2.45, 2.75) is 0 Å². The van der Waals surface area contributed by atoms with Gasteiger partial charge in [-0.3, -0.25) is 0 Å². The molecule has 0 bridgehead atoms. The van der Waals surface area contributed by atoms with Crippen molar-refractivity contribution >= 4 is 11.0 Å². The van der Waals surface area contributed by atoms with Gasteiger partial charge in [-0.15, -0.1) is 0 Å². The number of benzene rings is 2. The van der Waals surface area contributed by atoms with Gasteiger partial charge in [0.05, 0.1) is 0 Å². The van der Waals surface area contributed by atoms with Crippen LogP contribution in [0.4, 0.5) is 13.2 Å². The summed E-state index contributed by atoms with van der Waals surface area (Å²) in [5, 5.41) is 0.273. The summed E-state index contributed by atoms with van der Waals surface area (Å²) in [5.41, 5.74) is -1.25. The van der Waals surface area contributed by atoms with Crippen molar-refractivity contribution in [1.82, 2.24) is 0 Å². The molecule has 0 aliphatic heterocycles. The highest BCUT2D eigenvalue weighted by Gasteiger charge is 2.17. The lowest BCUT2D eigenvalue weighted by atomic mass is 10.0. The van der Waals surface area contributed by atoms with Gasteiger partial charge in [-0.2, -0.15) is 4.39 Å². The number of halogens is 3. The first-order valence-corrected chi connectivity index (χ1v) is 5.74. The van der Waals surface area contributed by atoms with Crippen LogP contribution in [-0.2, 0) is 0 Å². The van der Waals surface area contributed by atoms with Crippen molar-refractivity contribution in [2.24, 2.45) is 0 Å². The molecule has 0 radical (unpaired) electrons. The Bertz CT molecular complexity index is 848. The second-order valence-electron chi connectivity index (χ2n) is 4.23. The lowest BCUT2D eigenvalue weighted by Gasteiger charge is -2.07. The second kappa shape index (κ2) is 4.52. The molecule has 1 aromatic heterocycles. The largest absolute Gasteiger partial charge is 0.421 e. The summed E-state index contributed by atoms with van der Waals surface area (Å²) < 4.78 is 45.4. The summed E-state index contributed by atoms with van der Waals surface area (Å²) in [6.07, 6.45) is 0. The van der Waals surface area contributed by atoms with Crippen LogP contribution < -0.4 is 5.63 Å². The number of fused-ring (bicyclic) bond motifs is 1. The molecule has 3 rings (SSSR count). The molecule has 3 aromatic rings. The van der Waals surface area contributed by atoms with Crippen molar-refractivity contribution in [1.29, 1.82) is 0 Å². The normalized spacial score (nSPS) is 10.9. The summed E-state index contributed by atoms with van der Waals surface area (Å²) >= 11 is 0. The smallest absolute Gasteiger partial charge is 0.373 e. The molecule has 0 aliphatic rings. The van der Waals surface area contributed by atoms with Crippen LogP contribution >= 0.6 is 0 Å². The van der Waals surface area contributed by atoms with E-state index in [9.17, 15) is 18.0 Å². The van der Waals surface area contributed by atoms with E-state index in [-0.39, 0.29) is 22.1 Å². The summed E-state index contributed by atoms with van der Waals surface area (Å²) in [7, 11) is 0. The number of hydrogen-bond donors (Lipinski definition) is 0. The predicted molar refractivity (Wildman–Crippen MR) is 67.8 cm³/mol. The Balaban J connectivity index is 2.46. The Morgan fingerprint density at radius 2 is 1.55 bits per heavy atom. The maximum absolute atomic E-state index is 14.0. The molecule has 0 fully saturated rings. The van der Waals surface area contributed by atoms with E-state index in [0.717, 1.165) is 12.1 Å². The van der Waals surface area contributed by atoms with Crippen LogP contribution in [0.15, 0.2) is 51.7 Å². The van der Waals surface area contributed by atoms with Gasteiger partial charge in [0.1, 0.15) is 17.2 Å². The minimum absolute atomic E-state index is 0.0518. The fourth-order valence-corrected chi connectivity index (χ4v) is 2.11. The Kier molecular flexibility index (Phi) is 2.82. The van der Waals surface area contributed by atoms with Crippen LogP contribution in [0.1, 0.15) is 0 Å². The average molecular weight is 276 g/mol. The quantitative estimate of drug-likeness (QED) is 0.631. The maximum Gasteiger partial charge on any atom is 0.373 e. The number of para-hydroxylation sites is 1. The van der Waals surface area contributed by atoms with E-state index in [0.29, 0.717) is 6.07 Å². The van der Waals surface area contributed by atoms with E-state index in [2.05, 4.69) is 0 Å². The van der Waals surface area contributed by atoms with Gasteiger partial charge in [0, 0.05) is 17.0 Å². The highest BCUT2D eigenvalue weighted by Crippen LogP contribution is 2.30. The third-order valence-electron chi connectivity index (χ3n) is 2.91. The fraction of sp³-hybridized carbons (Fsp3) is 0. The molecule has 100 valence electrons. The monoisotopic (exact) mass is 276 g/mol. The molecule has 0 unspecified atom stereocenters. The Labute approximate surface area is 111 Å². The van der Waals surface area contributed by atoms with Crippen molar-refractivity contribution in [3.05, 3.63) is 70.3 Å². The number of rotatable bonds is 1. The van der Waals surface area contributed by atoms with E-state index < -0.39 is 23.1 Å². The minimum atomic E-state index is -1.18. The first-order chi connectivity index (χ1) is 9.56. The molecule has 0 saturated heterocycles. The van der Waals surface area contributed by atoms with Crippen LogP contribution in [0.2, 0.25) is 0 Å². The van der Waals surface area contributed by atoms with Gasteiger partial charge in [0.15, 0.2) is 0 Å². The maximum atomic E-state index is 14.0. The van der Waals surface area contributed by atoms with Crippen LogP contribution in [0, 0.1) is 17.5 Å². The Morgan fingerprint density at radius 3 is 2.25 bits per heavy atom. The SMILES string of the molecule is O=c1oc2ccccc2c(-c2cc(F)cc(F)c2)c1F. The molecular weight excluding hydrogens is 269 g/mol. The lowest BCUT2D eigenvalue weighted by molar-refractivity contribution is 0.489. The minimum Gasteiger partial charge on any atom is -0.421 e. The third-order valence-corrected chi connectivity index (χ3v) is 2.91. The molecule has 2 aromatic carbocycles. The van der Waals surface area contributed by atoms with Gasteiger partial charge in [0.2, 0.25) is 5.82 Å². The average Bonchev–Trinajstić information content (AvgIpc) is 2.39. The van der Waals surface area contributed by atoms with Crippen molar-refractivity contribution in [3.63, 3.8) is 0 Å². The van der Waals surface area contributed by atoms with Crippen molar-refractivity contribution in [2.75, 3.05) is 0 Å². The van der Waals surface area contributed by atoms with Gasteiger partial charge >= 0.3 is 5.63 Å². The third kappa shape index (κ3) is 1.97. The van der Waals surface area contributed by atoms with E-state index >= 15 is 0 Å². The number of hydrogen-bond acceptors (Lipinski definition) is 2. The molecule has 0 atom stereocenters. The van der Waals surface area contributed by atoms with Crippen LogP contribution in [0.3, 0.4) is 0 Å². The van der Waals surface area contributed by atoms with Crippen LogP contribution in [0.5, 0.6) is 0 Å². The molecule has 5 heteroatoms. The Hall–Kier alpha value is -2.56. The molecule has 0 aliphatic carbocycles. The molecule has 1 heterocycles. The molecule has 0 spiro atoms. The molecular formula is C15H7F3O2. The summed E-state index contributed by atoms with van der Waals surface area (Å²) in [5.74, 6) is -2.87. The molecule has 20 heavy (non-hydrogen) atoms. The molecule has 0 amide bonds. The molecule has 0 saturated carbocycles. The van der Waals surface area contributed by atoms with E-state index in [1.807, 2.05) is 0 Å².